The Hall–Kier alpha value is -3.64. The molecule has 2 heterocycles. The molecule has 0 saturated heterocycles. The molecule has 6 heteroatoms. The number of pyridine rings is 1. The molecule has 150 valence electrons. The van der Waals surface area contributed by atoms with Crippen LogP contribution in [0.4, 0.5) is 0 Å². The number of aromatic nitrogens is 1. The zero-order valence-electron chi connectivity index (χ0n) is 16.7. The zero-order valence-corrected chi connectivity index (χ0v) is 16.7. The lowest BCUT2D eigenvalue weighted by atomic mass is 9.96. The van der Waals surface area contributed by atoms with Crippen molar-refractivity contribution in [3.8, 4) is 11.3 Å². The summed E-state index contributed by atoms with van der Waals surface area (Å²) >= 11 is 0. The van der Waals surface area contributed by atoms with E-state index in [-0.39, 0.29) is 18.4 Å². The Morgan fingerprint density at radius 1 is 1.10 bits per heavy atom. The van der Waals surface area contributed by atoms with Crippen molar-refractivity contribution in [2.75, 3.05) is 6.61 Å². The van der Waals surface area contributed by atoms with Crippen LogP contribution in [0.2, 0.25) is 0 Å². The van der Waals surface area contributed by atoms with Crippen molar-refractivity contribution < 1.29 is 14.7 Å². The molecule has 2 N–H and O–H groups in total. The first kappa shape index (κ1) is 19.7. The number of nitrogens with one attached hydrogen (secondary N) is 1. The summed E-state index contributed by atoms with van der Waals surface area (Å²) in [6.07, 6.45) is 1.76. The summed E-state index contributed by atoms with van der Waals surface area (Å²) < 4.78 is 0. The van der Waals surface area contributed by atoms with Gasteiger partial charge in [0, 0.05) is 28.6 Å². The molecule has 0 aliphatic carbocycles. The highest BCUT2D eigenvalue weighted by molar-refractivity contribution is 6.21. The molecule has 2 amide bonds. The zero-order chi connectivity index (χ0) is 21.3. The number of fused-ring (bicyclic) bond motifs is 1. The second-order valence-corrected chi connectivity index (χ2v) is 7.39. The van der Waals surface area contributed by atoms with Crippen LogP contribution in [0.3, 0.4) is 0 Å². The highest BCUT2D eigenvalue weighted by Crippen LogP contribution is 2.25. The number of nitrogens with zero attached hydrogens (tertiary/aromatic N) is 2. The molecule has 2 aromatic carbocycles. The summed E-state index contributed by atoms with van der Waals surface area (Å²) in [7, 11) is 0. The predicted octanol–water partition coefficient (Wildman–Crippen LogP) is 1.53. The van der Waals surface area contributed by atoms with Gasteiger partial charge in [-0.25, -0.2) is 4.99 Å². The summed E-state index contributed by atoms with van der Waals surface area (Å²) in [5, 5.41) is 13.4. The van der Waals surface area contributed by atoms with Crippen LogP contribution in [0, 0.1) is 6.92 Å². The number of aryl methyl sites for hydroxylation is 1. The molecular formula is C24H21N3O3. The van der Waals surface area contributed by atoms with Gasteiger partial charge in [0.15, 0.2) is 0 Å². The standard InChI is InChI=1S/C24H21N3O3/c1-14-7-8-20(25-12-14)16-9-17(11-18(10-16)23(29)26-15(2)13-28)22-19-5-3-4-6-21(19)27-24(22)30/h3-12,15,28H,13H2,1-2H3,(H,26,29)/t15-/m0/s1. The monoisotopic (exact) mass is 399 g/mol. The topological polar surface area (TPSA) is 91.6 Å². The van der Waals surface area contributed by atoms with Gasteiger partial charge in [-0.3, -0.25) is 14.6 Å². The molecule has 1 aromatic heterocycles. The van der Waals surface area contributed by atoms with Crippen LogP contribution in [0.25, 0.3) is 16.8 Å². The third kappa shape index (κ3) is 3.77. The molecule has 0 bridgehead atoms. The van der Waals surface area contributed by atoms with E-state index in [0.717, 1.165) is 16.3 Å². The minimum atomic E-state index is -0.390. The lowest BCUT2D eigenvalue weighted by Gasteiger charge is -2.13. The first-order chi connectivity index (χ1) is 14.5. The molecule has 3 aromatic rings. The highest BCUT2D eigenvalue weighted by atomic mass is 16.3. The van der Waals surface area contributed by atoms with E-state index >= 15 is 0 Å². The predicted molar refractivity (Wildman–Crippen MR) is 113 cm³/mol. The summed E-state index contributed by atoms with van der Waals surface area (Å²) in [5.74, 6) is -0.664. The number of hydrogen-bond donors (Lipinski definition) is 2. The Morgan fingerprint density at radius 2 is 1.87 bits per heavy atom. The van der Waals surface area contributed by atoms with Crippen LogP contribution in [0.5, 0.6) is 0 Å². The van der Waals surface area contributed by atoms with Gasteiger partial charge in [-0.05, 0) is 55.3 Å². The maximum atomic E-state index is 12.8. The summed E-state index contributed by atoms with van der Waals surface area (Å²) in [4.78, 5) is 34.1. The van der Waals surface area contributed by atoms with E-state index < -0.39 is 6.04 Å². The lowest BCUT2D eigenvalue weighted by Crippen LogP contribution is -2.35. The smallest absolute Gasteiger partial charge is 0.278 e. The molecule has 30 heavy (non-hydrogen) atoms. The molecule has 1 aliphatic rings. The van der Waals surface area contributed by atoms with Gasteiger partial charge >= 0.3 is 0 Å². The van der Waals surface area contributed by atoms with E-state index in [1.807, 2.05) is 43.3 Å². The number of carbonyl (C=O) groups excluding carboxylic acids is 2. The van der Waals surface area contributed by atoms with Gasteiger partial charge in [0.1, 0.15) is 0 Å². The number of para-hydroxylation sites is 1. The molecule has 0 radical (unpaired) electrons. The van der Waals surface area contributed by atoms with E-state index in [4.69, 9.17) is 0 Å². The Kier molecular flexibility index (Phi) is 5.25. The molecule has 0 saturated carbocycles. The fourth-order valence-electron chi connectivity index (χ4n) is 3.38. The molecule has 0 spiro atoms. The fraction of sp³-hybridized carbons (Fsp3) is 0.167. The first-order valence-electron chi connectivity index (χ1n) is 9.69. The Morgan fingerprint density at radius 3 is 2.60 bits per heavy atom. The second kappa shape index (κ2) is 8.00. The van der Waals surface area contributed by atoms with Gasteiger partial charge in [-0.2, -0.15) is 0 Å². The van der Waals surface area contributed by atoms with Gasteiger partial charge in [-0.1, -0.05) is 24.3 Å². The van der Waals surface area contributed by atoms with E-state index in [0.29, 0.717) is 27.8 Å². The van der Waals surface area contributed by atoms with Crippen molar-refractivity contribution in [3.05, 3.63) is 88.1 Å². The number of carbonyl (C=O) groups is 2. The SMILES string of the molecule is Cc1ccc(-c2cc(C(=O)N[C@@H](C)CO)cc(C3=c4ccccc4=NC3=O)c2)nc1. The van der Waals surface area contributed by atoms with Crippen molar-refractivity contribution >= 4 is 17.4 Å². The highest BCUT2D eigenvalue weighted by Gasteiger charge is 2.21. The number of aliphatic hydroxyl groups excluding tert-OH is 1. The second-order valence-electron chi connectivity index (χ2n) is 7.39. The van der Waals surface area contributed by atoms with Crippen molar-refractivity contribution in [2.45, 2.75) is 19.9 Å². The fourth-order valence-corrected chi connectivity index (χ4v) is 3.38. The quantitative estimate of drug-likeness (QED) is 0.681. The minimum absolute atomic E-state index is 0.167. The van der Waals surface area contributed by atoms with Gasteiger partial charge in [0.05, 0.1) is 23.2 Å². The average molecular weight is 399 g/mol. The van der Waals surface area contributed by atoms with Crippen LogP contribution < -0.4 is 15.9 Å². The van der Waals surface area contributed by atoms with Crippen molar-refractivity contribution in [2.24, 2.45) is 4.99 Å². The largest absolute Gasteiger partial charge is 0.394 e. The van der Waals surface area contributed by atoms with Crippen molar-refractivity contribution in [1.29, 1.82) is 0 Å². The average Bonchev–Trinajstić information content (AvgIpc) is 3.09. The van der Waals surface area contributed by atoms with E-state index in [1.165, 1.54) is 0 Å². The number of aliphatic hydroxyl groups is 1. The van der Waals surface area contributed by atoms with Gasteiger partial charge in [0.25, 0.3) is 11.8 Å². The Balaban J connectivity index is 1.91. The molecule has 6 nitrogen and oxygen atoms in total. The van der Waals surface area contributed by atoms with Gasteiger partial charge < -0.3 is 10.4 Å². The lowest BCUT2D eigenvalue weighted by molar-refractivity contribution is -0.112. The number of hydrogen-bond acceptors (Lipinski definition) is 4. The minimum Gasteiger partial charge on any atom is -0.394 e. The van der Waals surface area contributed by atoms with E-state index in [2.05, 4.69) is 15.3 Å². The van der Waals surface area contributed by atoms with Crippen LogP contribution in [-0.2, 0) is 4.79 Å². The van der Waals surface area contributed by atoms with Crippen molar-refractivity contribution in [1.82, 2.24) is 10.3 Å². The third-order valence-electron chi connectivity index (χ3n) is 4.95. The Bertz CT molecular complexity index is 1260. The third-order valence-corrected chi connectivity index (χ3v) is 4.95. The number of benzene rings is 2. The van der Waals surface area contributed by atoms with Gasteiger partial charge in [0.2, 0.25) is 0 Å². The molecule has 0 unspecified atom stereocenters. The maximum Gasteiger partial charge on any atom is 0.278 e. The molecular weight excluding hydrogens is 378 g/mol. The van der Waals surface area contributed by atoms with E-state index in [1.54, 1.807) is 31.3 Å². The summed E-state index contributed by atoms with van der Waals surface area (Å²) in [6.45, 7) is 3.50. The number of amides is 2. The normalized spacial score (nSPS) is 13.6. The summed E-state index contributed by atoms with van der Waals surface area (Å²) in [5.41, 5.74) is 3.90. The molecule has 0 fully saturated rings. The molecule has 1 aliphatic heterocycles. The Labute approximate surface area is 173 Å². The number of rotatable bonds is 5. The summed E-state index contributed by atoms with van der Waals surface area (Å²) in [6, 6.07) is 16.0. The van der Waals surface area contributed by atoms with Gasteiger partial charge in [-0.15, -0.1) is 0 Å². The van der Waals surface area contributed by atoms with Crippen LogP contribution in [0.1, 0.15) is 28.4 Å². The molecule has 1 atom stereocenters. The maximum absolute atomic E-state index is 12.8. The van der Waals surface area contributed by atoms with E-state index in [9.17, 15) is 14.7 Å². The van der Waals surface area contributed by atoms with Crippen LogP contribution in [-0.4, -0.2) is 34.6 Å². The van der Waals surface area contributed by atoms with Crippen LogP contribution in [0.15, 0.2) is 65.8 Å². The van der Waals surface area contributed by atoms with Crippen LogP contribution >= 0.6 is 0 Å². The van der Waals surface area contributed by atoms with Crippen molar-refractivity contribution in [3.63, 3.8) is 0 Å². The molecule has 4 rings (SSSR count). The first-order valence-corrected chi connectivity index (χ1v) is 9.69.